The molecule has 0 spiro atoms. The van der Waals surface area contributed by atoms with Gasteiger partial charge in [0.15, 0.2) is 18.1 Å². The maximum Gasteiger partial charge on any atom is 0.231 e. The Hall–Kier alpha value is -3.39. The molecule has 164 valence electrons. The molecule has 0 atom stereocenters. The number of Topliss-reactive ketones (excluding diaryl/α,β-unsaturated/α-hetero) is 1. The Balaban J connectivity index is 1.35. The average molecular weight is 450 g/mol. The number of nitrogens with zero attached hydrogens (tertiary/aromatic N) is 3. The Morgan fingerprint density at radius 2 is 1.94 bits per heavy atom. The number of carbonyl (C=O) groups excluding carboxylic acids is 1. The number of rotatable bonds is 6. The molecule has 5 rings (SSSR count). The third kappa shape index (κ3) is 3.50. The van der Waals surface area contributed by atoms with E-state index in [9.17, 15) is 4.79 Å². The Morgan fingerprint density at radius 1 is 1.12 bits per heavy atom. The van der Waals surface area contributed by atoms with Gasteiger partial charge in [0.25, 0.3) is 0 Å². The first-order chi connectivity index (χ1) is 15.4. The van der Waals surface area contributed by atoms with E-state index in [1.165, 1.54) is 11.2 Å². The molecular formula is C24H23N3O4S. The van der Waals surface area contributed by atoms with Gasteiger partial charge in [0, 0.05) is 28.4 Å². The van der Waals surface area contributed by atoms with Crippen LogP contribution in [-0.4, -0.2) is 33.7 Å². The fourth-order valence-electron chi connectivity index (χ4n) is 4.02. The lowest BCUT2D eigenvalue weighted by Crippen LogP contribution is -2.14. The standard InChI is InChI=1S/C24H23N3O4S/c1-13-7-18(15(3)27(13)9-17-5-6-20-21(8-17)31-12-30-20)19(28)10-29-23-22-14(2)16(4)32-24(22)26-11-25-23/h5-8,11H,9-10,12H2,1-4H3. The maximum absolute atomic E-state index is 13.0. The molecular weight excluding hydrogens is 426 g/mol. The molecule has 1 aromatic carbocycles. The molecule has 4 heterocycles. The van der Waals surface area contributed by atoms with Crippen molar-refractivity contribution in [2.24, 2.45) is 0 Å². The van der Waals surface area contributed by atoms with Crippen LogP contribution in [0.3, 0.4) is 0 Å². The van der Waals surface area contributed by atoms with Crippen molar-refractivity contribution < 1.29 is 19.0 Å². The monoisotopic (exact) mass is 449 g/mol. The van der Waals surface area contributed by atoms with E-state index in [1.54, 1.807) is 11.3 Å². The summed E-state index contributed by atoms with van der Waals surface area (Å²) in [7, 11) is 0. The van der Waals surface area contributed by atoms with Crippen LogP contribution in [0.2, 0.25) is 0 Å². The number of ether oxygens (including phenoxy) is 3. The number of ketones is 1. The van der Waals surface area contributed by atoms with E-state index in [2.05, 4.69) is 14.5 Å². The van der Waals surface area contributed by atoms with Gasteiger partial charge in [-0.05, 0) is 57.0 Å². The van der Waals surface area contributed by atoms with Gasteiger partial charge in [0.05, 0.1) is 5.39 Å². The Bertz CT molecular complexity index is 1360. The van der Waals surface area contributed by atoms with Crippen molar-refractivity contribution in [2.75, 3.05) is 13.4 Å². The number of fused-ring (bicyclic) bond motifs is 2. The second kappa shape index (κ2) is 7.94. The molecule has 0 saturated heterocycles. The van der Waals surface area contributed by atoms with Crippen LogP contribution in [0.15, 0.2) is 30.6 Å². The predicted octanol–water partition coefficient (Wildman–Crippen LogP) is 4.77. The minimum atomic E-state index is -0.0774. The summed E-state index contributed by atoms with van der Waals surface area (Å²) in [4.78, 5) is 23.7. The van der Waals surface area contributed by atoms with Crippen LogP contribution in [0.5, 0.6) is 17.4 Å². The molecule has 0 aliphatic carbocycles. The summed E-state index contributed by atoms with van der Waals surface area (Å²) >= 11 is 1.60. The first-order valence-corrected chi connectivity index (χ1v) is 11.2. The molecule has 32 heavy (non-hydrogen) atoms. The molecule has 3 aromatic heterocycles. The molecule has 0 N–H and O–H groups in total. The van der Waals surface area contributed by atoms with Crippen LogP contribution in [0.4, 0.5) is 0 Å². The Morgan fingerprint density at radius 3 is 2.78 bits per heavy atom. The van der Waals surface area contributed by atoms with Crippen LogP contribution in [0, 0.1) is 27.7 Å². The van der Waals surface area contributed by atoms with Gasteiger partial charge in [-0.1, -0.05) is 6.07 Å². The number of hydrogen-bond donors (Lipinski definition) is 0. The molecule has 8 heteroatoms. The smallest absolute Gasteiger partial charge is 0.231 e. The van der Waals surface area contributed by atoms with Gasteiger partial charge < -0.3 is 18.8 Å². The van der Waals surface area contributed by atoms with Gasteiger partial charge in [0.1, 0.15) is 11.2 Å². The van der Waals surface area contributed by atoms with Crippen LogP contribution < -0.4 is 14.2 Å². The van der Waals surface area contributed by atoms with Gasteiger partial charge in [-0.25, -0.2) is 9.97 Å². The maximum atomic E-state index is 13.0. The van der Waals surface area contributed by atoms with Crippen LogP contribution in [0.25, 0.3) is 10.2 Å². The highest BCUT2D eigenvalue weighted by atomic mass is 32.1. The Kier molecular flexibility index (Phi) is 5.09. The number of thiophene rings is 1. The molecule has 0 bridgehead atoms. The highest BCUT2D eigenvalue weighted by molar-refractivity contribution is 7.18. The van der Waals surface area contributed by atoms with Crippen molar-refractivity contribution in [2.45, 2.75) is 34.2 Å². The molecule has 1 aliphatic heterocycles. The second-order valence-electron chi connectivity index (χ2n) is 7.91. The lowest BCUT2D eigenvalue weighted by molar-refractivity contribution is 0.0918. The van der Waals surface area contributed by atoms with Crippen LogP contribution in [0.1, 0.15) is 37.7 Å². The molecule has 7 nitrogen and oxygen atoms in total. The summed E-state index contributed by atoms with van der Waals surface area (Å²) in [6.07, 6.45) is 1.48. The van der Waals surface area contributed by atoms with E-state index in [-0.39, 0.29) is 19.2 Å². The summed E-state index contributed by atoms with van der Waals surface area (Å²) in [5.74, 6) is 1.90. The first kappa shape index (κ1) is 20.5. The molecule has 0 saturated carbocycles. The molecule has 0 radical (unpaired) electrons. The van der Waals surface area contributed by atoms with Gasteiger partial charge in [0.2, 0.25) is 18.5 Å². The molecule has 0 fully saturated rings. The van der Waals surface area contributed by atoms with Crippen molar-refractivity contribution in [1.29, 1.82) is 0 Å². The lowest BCUT2D eigenvalue weighted by atomic mass is 10.1. The van der Waals surface area contributed by atoms with E-state index < -0.39 is 0 Å². The molecule has 0 unspecified atom stereocenters. The summed E-state index contributed by atoms with van der Waals surface area (Å²) in [5.41, 5.74) is 4.75. The molecule has 4 aromatic rings. The third-order valence-electron chi connectivity index (χ3n) is 5.92. The molecule has 0 amide bonds. The summed E-state index contributed by atoms with van der Waals surface area (Å²) < 4.78 is 18.9. The normalized spacial score (nSPS) is 12.5. The van der Waals surface area contributed by atoms with Crippen molar-refractivity contribution in [1.82, 2.24) is 14.5 Å². The third-order valence-corrected chi connectivity index (χ3v) is 7.04. The van der Waals surface area contributed by atoms with E-state index in [4.69, 9.17) is 14.2 Å². The fourth-order valence-corrected chi connectivity index (χ4v) is 5.01. The number of aryl methyl sites for hydroxylation is 3. The largest absolute Gasteiger partial charge is 0.469 e. The van der Waals surface area contributed by atoms with Gasteiger partial charge in [-0.15, -0.1) is 11.3 Å². The number of aromatic nitrogens is 3. The van der Waals surface area contributed by atoms with Crippen molar-refractivity contribution in [3.63, 3.8) is 0 Å². The zero-order chi connectivity index (χ0) is 22.4. The lowest BCUT2D eigenvalue weighted by Gasteiger charge is -2.11. The summed E-state index contributed by atoms with van der Waals surface area (Å²) in [5, 5.41) is 0.885. The van der Waals surface area contributed by atoms with Crippen LogP contribution in [-0.2, 0) is 6.54 Å². The fraction of sp³-hybridized carbons (Fsp3) is 0.292. The highest BCUT2D eigenvalue weighted by Crippen LogP contribution is 2.34. The van der Waals surface area contributed by atoms with Crippen molar-refractivity contribution >= 4 is 27.3 Å². The van der Waals surface area contributed by atoms with E-state index in [0.717, 1.165) is 44.2 Å². The van der Waals surface area contributed by atoms with E-state index in [0.29, 0.717) is 18.0 Å². The quantitative estimate of drug-likeness (QED) is 0.395. The average Bonchev–Trinajstić information content (AvgIpc) is 3.44. The summed E-state index contributed by atoms with van der Waals surface area (Å²) in [6.45, 7) is 8.85. The van der Waals surface area contributed by atoms with Gasteiger partial charge >= 0.3 is 0 Å². The van der Waals surface area contributed by atoms with Gasteiger partial charge in [-0.3, -0.25) is 4.79 Å². The van der Waals surface area contributed by atoms with Crippen LogP contribution >= 0.6 is 11.3 Å². The minimum absolute atomic E-state index is 0.0746. The van der Waals surface area contributed by atoms with Crippen molar-refractivity contribution in [3.05, 3.63) is 63.5 Å². The molecule has 1 aliphatic rings. The highest BCUT2D eigenvalue weighted by Gasteiger charge is 2.20. The minimum Gasteiger partial charge on any atom is -0.469 e. The second-order valence-corrected chi connectivity index (χ2v) is 9.12. The first-order valence-electron chi connectivity index (χ1n) is 10.3. The topological polar surface area (TPSA) is 75.5 Å². The number of carbonyl (C=O) groups is 1. The predicted molar refractivity (Wildman–Crippen MR) is 122 cm³/mol. The SMILES string of the molecule is Cc1sc2ncnc(OCC(=O)c3cc(C)n(Cc4ccc5c(c4)OCO5)c3C)c2c1C. The number of hydrogen-bond acceptors (Lipinski definition) is 7. The number of benzene rings is 1. The zero-order valence-electron chi connectivity index (χ0n) is 18.4. The van der Waals surface area contributed by atoms with Gasteiger partial charge in [-0.2, -0.15) is 0 Å². The van der Waals surface area contributed by atoms with Crippen molar-refractivity contribution in [3.8, 4) is 17.4 Å². The zero-order valence-corrected chi connectivity index (χ0v) is 19.2. The van der Waals surface area contributed by atoms with E-state index in [1.807, 2.05) is 52.0 Å². The summed E-state index contributed by atoms with van der Waals surface area (Å²) in [6, 6.07) is 7.84. The van der Waals surface area contributed by atoms with E-state index >= 15 is 0 Å². The Labute approximate surface area is 189 Å².